The molecule has 10 heteroatoms. The van der Waals surface area contributed by atoms with Crippen LogP contribution < -0.4 is 16.6 Å². The Labute approximate surface area is 119 Å². The van der Waals surface area contributed by atoms with E-state index in [9.17, 15) is 23.6 Å². The second kappa shape index (κ2) is 7.32. The molecular weight excluding hydrogens is 282 g/mol. The Bertz CT molecular complexity index is 682. The molecule has 1 rings (SSSR count). The Morgan fingerprint density at radius 3 is 2.71 bits per heavy atom. The summed E-state index contributed by atoms with van der Waals surface area (Å²) in [4.78, 5) is 47.2. The van der Waals surface area contributed by atoms with Gasteiger partial charge >= 0.3 is 5.69 Å². The van der Waals surface area contributed by atoms with Crippen LogP contribution in [0.15, 0.2) is 15.8 Å². The molecule has 1 aromatic heterocycles. The lowest BCUT2D eigenvalue weighted by Crippen LogP contribution is -2.38. The second-order valence-electron chi connectivity index (χ2n) is 4.14. The quantitative estimate of drug-likeness (QED) is 0.314. The largest absolute Gasteiger partial charge is 0.352 e. The van der Waals surface area contributed by atoms with Crippen LogP contribution in [0.3, 0.4) is 0 Å². The molecule has 0 spiro atoms. The highest BCUT2D eigenvalue weighted by Crippen LogP contribution is 1.92. The summed E-state index contributed by atoms with van der Waals surface area (Å²) in [6.45, 7) is -0.439. The van der Waals surface area contributed by atoms with Gasteiger partial charge in [-0.3, -0.25) is 19.0 Å². The zero-order valence-corrected chi connectivity index (χ0v) is 10.9. The van der Waals surface area contributed by atoms with E-state index < -0.39 is 40.9 Å². The van der Waals surface area contributed by atoms with Gasteiger partial charge in [0.05, 0.1) is 6.54 Å². The van der Waals surface area contributed by atoms with Gasteiger partial charge in [-0.1, -0.05) is 0 Å². The van der Waals surface area contributed by atoms with Gasteiger partial charge in [0.25, 0.3) is 11.5 Å². The van der Waals surface area contributed by atoms with E-state index >= 15 is 0 Å². The number of rotatable bonds is 7. The third kappa shape index (κ3) is 4.82. The summed E-state index contributed by atoms with van der Waals surface area (Å²) < 4.78 is 13.5. The highest BCUT2D eigenvalue weighted by Gasteiger charge is 2.11. The number of hydrogen-bond acceptors (Lipinski definition) is 5. The molecule has 3 N–H and O–H groups in total. The molecule has 0 bridgehead atoms. The van der Waals surface area contributed by atoms with Crippen molar-refractivity contribution < 1.29 is 14.0 Å². The molecule has 0 saturated heterocycles. The van der Waals surface area contributed by atoms with E-state index in [0.29, 0.717) is 10.8 Å². The van der Waals surface area contributed by atoms with Crippen LogP contribution in [0.25, 0.3) is 0 Å². The summed E-state index contributed by atoms with van der Waals surface area (Å²) in [5, 5.41) is 9.12. The molecule has 0 aliphatic heterocycles. The van der Waals surface area contributed by atoms with E-state index in [1.165, 1.54) is 0 Å². The Kier molecular flexibility index (Phi) is 5.76. The maximum atomic E-state index is 13.0. The molecule has 1 heterocycles. The summed E-state index contributed by atoms with van der Waals surface area (Å²) in [5.74, 6) is -2.37. The summed E-state index contributed by atoms with van der Waals surface area (Å²) in [6.07, 6.45) is 0.837. The van der Waals surface area contributed by atoms with Gasteiger partial charge < -0.3 is 15.7 Å². The van der Waals surface area contributed by atoms with Gasteiger partial charge in [0.1, 0.15) is 7.85 Å². The molecule has 0 unspecified atom stereocenters. The van der Waals surface area contributed by atoms with Crippen molar-refractivity contribution in [2.75, 3.05) is 6.54 Å². The Morgan fingerprint density at radius 1 is 1.43 bits per heavy atom. The lowest BCUT2D eigenvalue weighted by atomic mass is 10.0. The van der Waals surface area contributed by atoms with Crippen LogP contribution in [0, 0.1) is 11.2 Å². The van der Waals surface area contributed by atoms with Gasteiger partial charge in [-0.25, -0.2) is 4.79 Å². The van der Waals surface area contributed by atoms with Gasteiger partial charge in [0.15, 0.2) is 5.78 Å². The van der Waals surface area contributed by atoms with Crippen LogP contribution in [0.2, 0.25) is 0 Å². The highest BCUT2D eigenvalue weighted by atomic mass is 19.1. The number of nitrogens with one attached hydrogen (secondary N) is 3. The number of Topliss-reactive ketones (excluding diaryl/α,β-unsaturated/α-hetero) is 1. The molecule has 1 amide bonds. The number of H-pyrrole nitrogens is 1. The summed E-state index contributed by atoms with van der Waals surface area (Å²) in [6, 6.07) is 0. The monoisotopic (exact) mass is 294 g/mol. The minimum Gasteiger partial charge on any atom is -0.352 e. The minimum atomic E-state index is -1.17. The van der Waals surface area contributed by atoms with Gasteiger partial charge in [0, 0.05) is 24.8 Å². The number of carbonyl (C=O) groups excluding carboxylic acids is 2. The number of hydrogen-bond donors (Lipinski definition) is 3. The van der Waals surface area contributed by atoms with Crippen LogP contribution in [0.5, 0.6) is 0 Å². The van der Waals surface area contributed by atoms with Crippen molar-refractivity contribution in [2.45, 2.75) is 19.4 Å². The first-order chi connectivity index (χ1) is 9.82. The zero-order valence-electron chi connectivity index (χ0n) is 10.9. The van der Waals surface area contributed by atoms with E-state index in [4.69, 9.17) is 13.3 Å². The number of halogens is 1. The Balaban J connectivity index is 2.51. The lowest BCUT2D eigenvalue weighted by molar-refractivity contribution is -0.120. The maximum Gasteiger partial charge on any atom is 0.328 e. The fourth-order valence-corrected chi connectivity index (χ4v) is 1.47. The van der Waals surface area contributed by atoms with E-state index in [-0.39, 0.29) is 19.4 Å². The van der Waals surface area contributed by atoms with Crippen LogP contribution in [-0.2, 0) is 16.1 Å². The maximum absolute atomic E-state index is 13.0. The summed E-state index contributed by atoms with van der Waals surface area (Å²) in [7, 11) is 4.92. The number of carbonyl (C=O) groups is 2. The zero-order chi connectivity index (χ0) is 16.0. The highest BCUT2D eigenvalue weighted by molar-refractivity contribution is 6.77. The predicted molar refractivity (Wildman–Crippen MR) is 72.0 cm³/mol. The van der Waals surface area contributed by atoms with E-state index in [1.807, 2.05) is 4.98 Å². The molecule has 0 fully saturated rings. The molecular formula is C11H12BFN4O4. The van der Waals surface area contributed by atoms with Crippen molar-refractivity contribution in [1.29, 1.82) is 5.41 Å². The van der Waals surface area contributed by atoms with Crippen LogP contribution >= 0.6 is 0 Å². The number of nitrogens with zero attached hydrogens (tertiary/aromatic N) is 1. The van der Waals surface area contributed by atoms with Crippen molar-refractivity contribution in [3.63, 3.8) is 0 Å². The van der Waals surface area contributed by atoms with Crippen molar-refractivity contribution in [2.24, 2.45) is 0 Å². The molecule has 1 aromatic rings. The van der Waals surface area contributed by atoms with E-state index in [0.717, 1.165) is 0 Å². The molecule has 8 nitrogen and oxygen atoms in total. The van der Waals surface area contributed by atoms with Crippen LogP contribution in [0.4, 0.5) is 4.39 Å². The molecule has 110 valence electrons. The Morgan fingerprint density at radius 2 is 2.10 bits per heavy atom. The Hall–Kier alpha value is -2.52. The van der Waals surface area contributed by atoms with Gasteiger partial charge in [-0.2, -0.15) is 4.39 Å². The minimum absolute atomic E-state index is 0.0272. The SMILES string of the molecule is [B]C(=N)C(=O)NCCCC(=O)Cn1c(=O)[nH]cc(F)c1=O. The van der Waals surface area contributed by atoms with Gasteiger partial charge in [-0.15, -0.1) is 0 Å². The topological polar surface area (TPSA) is 125 Å². The molecule has 0 atom stereocenters. The molecule has 2 radical (unpaired) electrons. The lowest BCUT2D eigenvalue weighted by Gasteiger charge is -2.05. The van der Waals surface area contributed by atoms with E-state index in [1.54, 1.807) is 0 Å². The first kappa shape index (κ1) is 16.5. The fourth-order valence-electron chi connectivity index (χ4n) is 1.47. The number of ketones is 1. The molecule has 0 aliphatic carbocycles. The third-order valence-corrected chi connectivity index (χ3v) is 2.51. The van der Waals surface area contributed by atoms with Crippen molar-refractivity contribution in [3.05, 3.63) is 32.9 Å². The van der Waals surface area contributed by atoms with Crippen LogP contribution in [-0.4, -0.2) is 41.2 Å². The molecule has 0 aliphatic rings. The van der Waals surface area contributed by atoms with Crippen molar-refractivity contribution >= 4 is 25.1 Å². The second-order valence-corrected chi connectivity index (χ2v) is 4.14. The van der Waals surface area contributed by atoms with Gasteiger partial charge in [0.2, 0.25) is 5.82 Å². The standard InChI is InChI=1S/C11H12BFN4O4/c12-8(14)9(19)15-3-1-2-6(18)5-17-10(20)7(13)4-16-11(17)21/h4,14H,1-3,5H2,(H,15,19)(H,16,21). The van der Waals surface area contributed by atoms with E-state index in [2.05, 4.69) is 5.32 Å². The first-order valence-corrected chi connectivity index (χ1v) is 5.95. The number of amides is 1. The summed E-state index contributed by atoms with van der Waals surface area (Å²) in [5.41, 5.74) is -2.68. The molecule has 21 heavy (non-hydrogen) atoms. The van der Waals surface area contributed by atoms with Crippen molar-refractivity contribution in [1.82, 2.24) is 14.9 Å². The number of aromatic amines is 1. The fraction of sp³-hybridized carbons (Fsp3) is 0.364. The molecule has 0 saturated carbocycles. The number of aromatic nitrogens is 2. The van der Waals surface area contributed by atoms with Crippen molar-refractivity contribution in [3.8, 4) is 0 Å². The average Bonchev–Trinajstić information content (AvgIpc) is 2.43. The average molecular weight is 294 g/mol. The normalized spacial score (nSPS) is 10.1. The van der Waals surface area contributed by atoms with Gasteiger partial charge in [-0.05, 0) is 6.42 Å². The molecule has 0 aromatic carbocycles. The third-order valence-electron chi connectivity index (χ3n) is 2.51. The predicted octanol–water partition coefficient (Wildman–Crippen LogP) is -1.71. The van der Waals surface area contributed by atoms with Crippen LogP contribution in [0.1, 0.15) is 12.8 Å². The summed E-state index contributed by atoms with van der Waals surface area (Å²) >= 11 is 0. The first-order valence-electron chi connectivity index (χ1n) is 5.95. The smallest absolute Gasteiger partial charge is 0.328 e.